The van der Waals surface area contributed by atoms with Crippen molar-refractivity contribution in [1.82, 2.24) is 5.32 Å². The van der Waals surface area contributed by atoms with Crippen LogP contribution in [0.2, 0.25) is 0 Å². The van der Waals surface area contributed by atoms with Crippen LogP contribution >= 0.6 is 0 Å². The van der Waals surface area contributed by atoms with Gasteiger partial charge in [-0.3, -0.25) is 4.79 Å². The highest BCUT2D eigenvalue weighted by Gasteiger charge is 2.30. The Hall–Kier alpha value is -1.06. The third kappa shape index (κ3) is 3.53. The zero-order valence-corrected chi connectivity index (χ0v) is 9.47. The van der Waals surface area contributed by atoms with Gasteiger partial charge in [-0.25, -0.2) is 4.79 Å². The SMILES string of the molecule is CCOC(=O)C(=O)NC1(C)CCCCC1. The lowest BCUT2D eigenvalue weighted by Crippen LogP contribution is -2.50. The summed E-state index contributed by atoms with van der Waals surface area (Å²) in [5, 5.41) is 2.77. The summed E-state index contributed by atoms with van der Waals surface area (Å²) in [6.07, 6.45) is 5.32. The predicted octanol–water partition coefficient (Wildman–Crippen LogP) is 1.39. The Morgan fingerprint density at radius 2 is 1.87 bits per heavy atom. The summed E-state index contributed by atoms with van der Waals surface area (Å²) in [7, 11) is 0. The van der Waals surface area contributed by atoms with E-state index in [4.69, 9.17) is 0 Å². The summed E-state index contributed by atoms with van der Waals surface area (Å²) in [6, 6.07) is 0. The highest BCUT2D eigenvalue weighted by Crippen LogP contribution is 2.27. The summed E-state index contributed by atoms with van der Waals surface area (Å²) < 4.78 is 4.64. The van der Waals surface area contributed by atoms with Crippen LogP contribution < -0.4 is 5.32 Å². The number of carbonyl (C=O) groups excluding carboxylic acids is 2. The molecular formula is C11H19NO3. The first-order valence-corrected chi connectivity index (χ1v) is 5.57. The molecular weight excluding hydrogens is 194 g/mol. The first-order valence-electron chi connectivity index (χ1n) is 5.57. The molecule has 1 aliphatic rings. The maximum absolute atomic E-state index is 11.4. The zero-order valence-electron chi connectivity index (χ0n) is 9.47. The molecule has 86 valence electrons. The molecule has 0 spiro atoms. The maximum atomic E-state index is 11.4. The molecule has 1 saturated carbocycles. The number of carbonyl (C=O) groups is 2. The second-order valence-corrected chi connectivity index (χ2v) is 4.30. The molecule has 0 saturated heterocycles. The molecule has 1 amide bonds. The molecule has 0 aromatic rings. The molecule has 0 aromatic heterocycles. The molecule has 0 radical (unpaired) electrons. The lowest BCUT2D eigenvalue weighted by Gasteiger charge is -2.34. The summed E-state index contributed by atoms with van der Waals surface area (Å²) in [6.45, 7) is 3.92. The molecule has 0 bridgehead atoms. The highest BCUT2D eigenvalue weighted by molar-refractivity contribution is 6.32. The minimum Gasteiger partial charge on any atom is -0.459 e. The van der Waals surface area contributed by atoms with E-state index in [2.05, 4.69) is 10.1 Å². The van der Waals surface area contributed by atoms with Gasteiger partial charge in [0.15, 0.2) is 0 Å². The van der Waals surface area contributed by atoms with Gasteiger partial charge >= 0.3 is 11.9 Å². The van der Waals surface area contributed by atoms with Gasteiger partial charge in [-0.1, -0.05) is 19.3 Å². The van der Waals surface area contributed by atoms with E-state index in [0.29, 0.717) is 0 Å². The van der Waals surface area contributed by atoms with Crippen molar-refractivity contribution in [1.29, 1.82) is 0 Å². The molecule has 0 heterocycles. The minimum atomic E-state index is -0.774. The van der Waals surface area contributed by atoms with E-state index in [-0.39, 0.29) is 12.1 Å². The molecule has 0 aliphatic heterocycles. The minimum absolute atomic E-state index is 0.220. The van der Waals surface area contributed by atoms with E-state index in [1.54, 1.807) is 6.92 Å². The number of hydrogen-bond donors (Lipinski definition) is 1. The van der Waals surface area contributed by atoms with Gasteiger partial charge < -0.3 is 10.1 Å². The van der Waals surface area contributed by atoms with Crippen molar-refractivity contribution >= 4 is 11.9 Å². The number of ether oxygens (including phenoxy) is 1. The Kier molecular flexibility index (Phi) is 4.12. The van der Waals surface area contributed by atoms with Crippen LogP contribution in [0.25, 0.3) is 0 Å². The van der Waals surface area contributed by atoms with E-state index in [1.807, 2.05) is 6.92 Å². The summed E-state index contributed by atoms with van der Waals surface area (Å²) in [5.41, 5.74) is -0.220. The number of amides is 1. The van der Waals surface area contributed by atoms with Crippen LogP contribution in [0.3, 0.4) is 0 Å². The van der Waals surface area contributed by atoms with Crippen LogP contribution in [-0.4, -0.2) is 24.0 Å². The fourth-order valence-corrected chi connectivity index (χ4v) is 1.98. The number of hydrogen-bond acceptors (Lipinski definition) is 3. The highest BCUT2D eigenvalue weighted by atomic mass is 16.5. The monoisotopic (exact) mass is 213 g/mol. The Balaban J connectivity index is 2.45. The van der Waals surface area contributed by atoms with E-state index in [9.17, 15) is 9.59 Å². The largest absolute Gasteiger partial charge is 0.459 e. The maximum Gasteiger partial charge on any atom is 0.396 e. The summed E-state index contributed by atoms with van der Waals surface area (Å²) in [4.78, 5) is 22.5. The van der Waals surface area contributed by atoms with Crippen LogP contribution in [0, 0.1) is 0 Å². The van der Waals surface area contributed by atoms with Crippen molar-refractivity contribution in [2.24, 2.45) is 0 Å². The van der Waals surface area contributed by atoms with E-state index < -0.39 is 11.9 Å². The van der Waals surface area contributed by atoms with Crippen molar-refractivity contribution < 1.29 is 14.3 Å². The van der Waals surface area contributed by atoms with Gasteiger partial charge in [-0.2, -0.15) is 0 Å². The third-order valence-corrected chi connectivity index (χ3v) is 2.83. The van der Waals surface area contributed by atoms with Crippen LogP contribution in [0.5, 0.6) is 0 Å². The summed E-state index contributed by atoms with van der Waals surface area (Å²) in [5.74, 6) is -1.38. The van der Waals surface area contributed by atoms with Crippen LogP contribution in [-0.2, 0) is 14.3 Å². The van der Waals surface area contributed by atoms with Gasteiger partial charge in [-0.15, -0.1) is 0 Å². The lowest BCUT2D eigenvalue weighted by molar-refractivity contribution is -0.155. The second kappa shape index (κ2) is 5.14. The Morgan fingerprint density at radius 3 is 2.40 bits per heavy atom. The van der Waals surface area contributed by atoms with Gasteiger partial charge in [-0.05, 0) is 26.7 Å². The average molecular weight is 213 g/mol. The summed E-state index contributed by atoms with van der Waals surface area (Å²) >= 11 is 0. The molecule has 4 nitrogen and oxygen atoms in total. The van der Waals surface area contributed by atoms with Crippen molar-refractivity contribution in [3.8, 4) is 0 Å². The van der Waals surface area contributed by atoms with Gasteiger partial charge in [0.1, 0.15) is 0 Å². The second-order valence-electron chi connectivity index (χ2n) is 4.30. The topological polar surface area (TPSA) is 55.4 Å². The van der Waals surface area contributed by atoms with Crippen LogP contribution in [0.4, 0.5) is 0 Å². The molecule has 0 aromatic carbocycles. The fraction of sp³-hybridized carbons (Fsp3) is 0.818. The van der Waals surface area contributed by atoms with Crippen molar-refractivity contribution in [3.05, 3.63) is 0 Å². The molecule has 1 aliphatic carbocycles. The van der Waals surface area contributed by atoms with E-state index in [1.165, 1.54) is 6.42 Å². The molecule has 4 heteroatoms. The van der Waals surface area contributed by atoms with E-state index in [0.717, 1.165) is 25.7 Å². The molecule has 1 N–H and O–H groups in total. The first kappa shape index (κ1) is 12.0. The predicted molar refractivity (Wildman–Crippen MR) is 56.3 cm³/mol. The Labute approximate surface area is 90.4 Å². The number of esters is 1. The molecule has 0 unspecified atom stereocenters. The van der Waals surface area contributed by atoms with Gasteiger partial charge in [0.25, 0.3) is 0 Å². The lowest BCUT2D eigenvalue weighted by atomic mass is 9.83. The van der Waals surface area contributed by atoms with Gasteiger partial charge in [0, 0.05) is 5.54 Å². The van der Waals surface area contributed by atoms with Crippen molar-refractivity contribution in [2.75, 3.05) is 6.61 Å². The molecule has 0 atom stereocenters. The quantitative estimate of drug-likeness (QED) is 0.557. The zero-order chi connectivity index (χ0) is 11.3. The van der Waals surface area contributed by atoms with E-state index >= 15 is 0 Å². The average Bonchev–Trinajstić information content (AvgIpc) is 2.18. The van der Waals surface area contributed by atoms with Crippen molar-refractivity contribution in [3.63, 3.8) is 0 Å². The van der Waals surface area contributed by atoms with Gasteiger partial charge in [0.05, 0.1) is 6.61 Å². The van der Waals surface area contributed by atoms with Crippen LogP contribution in [0.15, 0.2) is 0 Å². The normalized spacial score (nSPS) is 19.3. The number of rotatable bonds is 2. The van der Waals surface area contributed by atoms with Gasteiger partial charge in [0.2, 0.25) is 0 Å². The number of nitrogens with one attached hydrogen (secondary N) is 1. The van der Waals surface area contributed by atoms with Crippen molar-refractivity contribution in [2.45, 2.75) is 51.5 Å². The first-order chi connectivity index (χ1) is 7.07. The molecule has 1 rings (SSSR count). The standard InChI is InChI=1S/C11H19NO3/c1-3-15-10(14)9(13)12-11(2)7-5-4-6-8-11/h3-8H2,1-2H3,(H,12,13). The molecule has 1 fully saturated rings. The Morgan fingerprint density at radius 1 is 1.27 bits per heavy atom. The molecule has 15 heavy (non-hydrogen) atoms. The smallest absolute Gasteiger partial charge is 0.396 e. The Bertz CT molecular complexity index is 244. The van der Waals surface area contributed by atoms with Crippen LogP contribution in [0.1, 0.15) is 46.0 Å². The fourth-order valence-electron chi connectivity index (χ4n) is 1.98. The third-order valence-electron chi connectivity index (χ3n) is 2.83.